The zero-order chi connectivity index (χ0) is 13.7. The molecular formula is C14H15N3O2. The van der Waals surface area contributed by atoms with Gasteiger partial charge in [-0.05, 0) is 24.1 Å². The quantitative estimate of drug-likeness (QED) is 0.660. The molecule has 1 aromatic carbocycles. The summed E-state index contributed by atoms with van der Waals surface area (Å²) in [6, 6.07) is 10.5. The summed E-state index contributed by atoms with van der Waals surface area (Å²) >= 11 is 0. The van der Waals surface area contributed by atoms with Crippen LogP contribution in [0.5, 0.6) is 0 Å². The highest BCUT2D eigenvalue weighted by atomic mass is 16.6. The lowest BCUT2D eigenvalue weighted by Gasteiger charge is -2.09. The van der Waals surface area contributed by atoms with Crippen LogP contribution in [0, 0.1) is 10.1 Å². The van der Waals surface area contributed by atoms with E-state index >= 15 is 0 Å². The van der Waals surface area contributed by atoms with Crippen LogP contribution in [0.4, 0.5) is 11.4 Å². The van der Waals surface area contributed by atoms with Gasteiger partial charge in [-0.25, -0.2) is 0 Å². The molecule has 0 amide bonds. The van der Waals surface area contributed by atoms with Crippen molar-refractivity contribution < 1.29 is 4.92 Å². The van der Waals surface area contributed by atoms with Crippen molar-refractivity contribution in [3.63, 3.8) is 0 Å². The molecule has 98 valence electrons. The molecule has 0 unspecified atom stereocenters. The summed E-state index contributed by atoms with van der Waals surface area (Å²) in [6.45, 7) is 2.54. The lowest BCUT2D eigenvalue weighted by atomic mass is 10.1. The fourth-order valence-electron chi connectivity index (χ4n) is 1.91. The van der Waals surface area contributed by atoms with Crippen molar-refractivity contribution in [1.29, 1.82) is 0 Å². The van der Waals surface area contributed by atoms with E-state index in [9.17, 15) is 10.1 Å². The third kappa shape index (κ3) is 3.07. The molecule has 19 heavy (non-hydrogen) atoms. The molecule has 0 aliphatic rings. The van der Waals surface area contributed by atoms with Gasteiger partial charge in [-0.1, -0.05) is 25.1 Å². The number of benzene rings is 1. The fourth-order valence-corrected chi connectivity index (χ4v) is 1.91. The molecule has 0 spiro atoms. The Labute approximate surface area is 111 Å². The maximum absolute atomic E-state index is 10.9. The molecule has 0 aliphatic carbocycles. The van der Waals surface area contributed by atoms with Gasteiger partial charge in [0.25, 0.3) is 5.69 Å². The second-order valence-corrected chi connectivity index (χ2v) is 4.09. The van der Waals surface area contributed by atoms with Gasteiger partial charge in [-0.3, -0.25) is 15.1 Å². The van der Waals surface area contributed by atoms with Crippen LogP contribution in [-0.4, -0.2) is 9.91 Å². The summed E-state index contributed by atoms with van der Waals surface area (Å²) in [7, 11) is 0. The molecule has 0 bridgehead atoms. The van der Waals surface area contributed by atoms with Crippen molar-refractivity contribution in [2.24, 2.45) is 0 Å². The number of nitrogens with one attached hydrogen (secondary N) is 1. The second kappa shape index (κ2) is 5.95. The molecule has 2 rings (SSSR count). The summed E-state index contributed by atoms with van der Waals surface area (Å²) in [4.78, 5) is 14.8. The van der Waals surface area contributed by atoms with E-state index in [2.05, 4.69) is 17.2 Å². The Morgan fingerprint density at radius 2 is 2.05 bits per heavy atom. The zero-order valence-electron chi connectivity index (χ0n) is 10.7. The van der Waals surface area contributed by atoms with Gasteiger partial charge in [0.1, 0.15) is 5.69 Å². The van der Waals surface area contributed by atoms with E-state index in [1.54, 1.807) is 24.4 Å². The molecule has 0 radical (unpaired) electrons. The monoisotopic (exact) mass is 257 g/mol. The standard InChI is InChI=1S/C14H15N3O2/c1-2-11-6-5-9-15-13(11)10-16-12-7-3-4-8-14(12)17(18)19/h3-9,16H,2,10H2,1H3. The van der Waals surface area contributed by atoms with Crippen LogP contribution in [0.2, 0.25) is 0 Å². The summed E-state index contributed by atoms with van der Waals surface area (Å²) in [6.07, 6.45) is 2.62. The van der Waals surface area contributed by atoms with Gasteiger partial charge in [-0.2, -0.15) is 0 Å². The summed E-state index contributed by atoms with van der Waals surface area (Å²) in [5, 5.41) is 14.0. The molecule has 1 N–H and O–H groups in total. The first-order valence-corrected chi connectivity index (χ1v) is 6.12. The SMILES string of the molecule is CCc1cccnc1CNc1ccccc1[N+](=O)[O-]. The van der Waals surface area contributed by atoms with Crippen molar-refractivity contribution in [2.45, 2.75) is 19.9 Å². The van der Waals surface area contributed by atoms with Crippen LogP contribution >= 0.6 is 0 Å². The van der Waals surface area contributed by atoms with Gasteiger partial charge in [0.2, 0.25) is 0 Å². The first-order valence-electron chi connectivity index (χ1n) is 6.12. The van der Waals surface area contributed by atoms with Crippen LogP contribution in [0.3, 0.4) is 0 Å². The van der Waals surface area contributed by atoms with Gasteiger partial charge in [0.05, 0.1) is 17.2 Å². The van der Waals surface area contributed by atoms with E-state index in [4.69, 9.17) is 0 Å². The Bertz CT molecular complexity index is 584. The number of nitro benzene ring substituents is 1. The maximum Gasteiger partial charge on any atom is 0.292 e. The largest absolute Gasteiger partial charge is 0.374 e. The number of para-hydroxylation sites is 2. The minimum atomic E-state index is -0.387. The van der Waals surface area contributed by atoms with E-state index in [0.29, 0.717) is 12.2 Å². The number of aromatic nitrogens is 1. The number of rotatable bonds is 5. The molecule has 2 aromatic rings. The van der Waals surface area contributed by atoms with Crippen molar-refractivity contribution >= 4 is 11.4 Å². The first kappa shape index (κ1) is 13.0. The number of nitrogens with zero attached hydrogens (tertiary/aromatic N) is 2. The highest BCUT2D eigenvalue weighted by Crippen LogP contribution is 2.23. The predicted molar refractivity (Wildman–Crippen MR) is 74.0 cm³/mol. The Hall–Kier alpha value is -2.43. The average Bonchev–Trinajstić information content (AvgIpc) is 2.45. The van der Waals surface area contributed by atoms with Gasteiger partial charge in [0, 0.05) is 12.3 Å². The minimum Gasteiger partial charge on any atom is -0.374 e. The van der Waals surface area contributed by atoms with Gasteiger partial charge in [0.15, 0.2) is 0 Å². The van der Waals surface area contributed by atoms with Crippen molar-refractivity contribution in [1.82, 2.24) is 4.98 Å². The van der Waals surface area contributed by atoms with Crippen LogP contribution < -0.4 is 5.32 Å². The zero-order valence-corrected chi connectivity index (χ0v) is 10.7. The number of pyridine rings is 1. The second-order valence-electron chi connectivity index (χ2n) is 4.09. The van der Waals surface area contributed by atoms with Gasteiger partial charge >= 0.3 is 0 Å². The number of anilines is 1. The van der Waals surface area contributed by atoms with Gasteiger partial charge < -0.3 is 5.32 Å². The van der Waals surface area contributed by atoms with Crippen LogP contribution in [0.15, 0.2) is 42.6 Å². The minimum absolute atomic E-state index is 0.0801. The third-order valence-electron chi connectivity index (χ3n) is 2.91. The molecule has 5 nitrogen and oxygen atoms in total. The molecule has 0 saturated carbocycles. The maximum atomic E-state index is 10.9. The summed E-state index contributed by atoms with van der Waals surface area (Å²) in [5.74, 6) is 0. The molecule has 5 heteroatoms. The van der Waals surface area contributed by atoms with E-state index in [0.717, 1.165) is 17.7 Å². The summed E-state index contributed by atoms with van der Waals surface area (Å²) < 4.78 is 0. The number of hydrogen-bond donors (Lipinski definition) is 1. The molecular weight excluding hydrogens is 242 g/mol. The van der Waals surface area contributed by atoms with Crippen LogP contribution in [-0.2, 0) is 13.0 Å². The average molecular weight is 257 g/mol. The van der Waals surface area contributed by atoms with Crippen LogP contribution in [0.25, 0.3) is 0 Å². The lowest BCUT2D eigenvalue weighted by Crippen LogP contribution is -2.06. The fraction of sp³-hybridized carbons (Fsp3) is 0.214. The van der Waals surface area contributed by atoms with Gasteiger partial charge in [-0.15, -0.1) is 0 Å². The van der Waals surface area contributed by atoms with Crippen LogP contribution in [0.1, 0.15) is 18.2 Å². The Morgan fingerprint density at radius 3 is 2.79 bits per heavy atom. The molecule has 1 heterocycles. The van der Waals surface area contributed by atoms with Crippen molar-refractivity contribution in [3.05, 3.63) is 64.0 Å². The summed E-state index contributed by atoms with van der Waals surface area (Å²) in [5.41, 5.74) is 2.66. The number of aryl methyl sites for hydroxylation is 1. The highest BCUT2D eigenvalue weighted by Gasteiger charge is 2.12. The van der Waals surface area contributed by atoms with Crippen molar-refractivity contribution in [3.8, 4) is 0 Å². The molecule has 0 atom stereocenters. The smallest absolute Gasteiger partial charge is 0.292 e. The highest BCUT2D eigenvalue weighted by molar-refractivity contribution is 5.61. The number of nitro groups is 1. The van der Waals surface area contributed by atoms with E-state index in [-0.39, 0.29) is 10.6 Å². The topological polar surface area (TPSA) is 68.1 Å². The van der Waals surface area contributed by atoms with Crippen molar-refractivity contribution in [2.75, 3.05) is 5.32 Å². The van der Waals surface area contributed by atoms with E-state index < -0.39 is 0 Å². The normalized spacial score (nSPS) is 10.2. The Kier molecular flexibility index (Phi) is 4.07. The molecule has 0 fully saturated rings. The molecule has 0 saturated heterocycles. The third-order valence-corrected chi connectivity index (χ3v) is 2.91. The first-order chi connectivity index (χ1) is 9.22. The molecule has 1 aromatic heterocycles. The predicted octanol–water partition coefficient (Wildman–Crippen LogP) is 3.16. The molecule has 0 aliphatic heterocycles. The Balaban J connectivity index is 2.17. The van der Waals surface area contributed by atoms with E-state index in [1.807, 2.05) is 12.1 Å². The lowest BCUT2D eigenvalue weighted by molar-refractivity contribution is -0.384. The Morgan fingerprint density at radius 1 is 1.26 bits per heavy atom. The van der Waals surface area contributed by atoms with E-state index in [1.165, 1.54) is 6.07 Å². The number of hydrogen-bond acceptors (Lipinski definition) is 4.